The van der Waals surface area contributed by atoms with Crippen molar-refractivity contribution in [1.82, 2.24) is 10.2 Å². The average molecular weight is 256 g/mol. The monoisotopic (exact) mass is 255 g/mol. The lowest BCUT2D eigenvalue weighted by Gasteiger charge is -2.21. The smallest absolute Gasteiger partial charge is 0.233 e. The molecule has 0 fully saturated rings. The lowest BCUT2D eigenvalue weighted by atomic mass is 10.1. The molecule has 5 heteroatoms. The molecule has 0 bridgehead atoms. The maximum atomic E-state index is 11.3. The minimum atomic E-state index is -0.0162. The highest BCUT2D eigenvalue weighted by molar-refractivity contribution is 6.31. The number of halogens is 1. The van der Waals surface area contributed by atoms with Crippen molar-refractivity contribution < 1.29 is 4.79 Å². The quantitative estimate of drug-likeness (QED) is 0.784. The fourth-order valence-corrected chi connectivity index (χ4v) is 1.77. The lowest BCUT2D eigenvalue weighted by molar-refractivity contribution is -0.121. The number of nitrogen functional groups attached to an aromatic ring is 1. The van der Waals surface area contributed by atoms with Crippen molar-refractivity contribution in [2.45, 2.75) is 13.5 Å². The molecule has 94 valence electrons. The normalized spacial score (nSPS) is 10.6. The van der Waals surface area contributed by atoms with Crippen molar-refractivity contribution in [1.29, 1.82) is 0 Å². The zero-order valence-electron chi connectivity index (χ0n) is 10.2. The number of likely N-dealkylation sites (N-methyl/N-ethyl adjacent to an activating group) is 2. The Hall–Kier alpha value is -1.26. The van der Waals surface area contributed by atoms with Gasteiger partial charge in [0.2, 0.25) is 5.91 Å². The van der Waals surface area contributed by atoms with Crippen molar-refractivity contribution in [3.8, 4) is 0 Å². The summed E-state index contributed by atoms with van der Waals surface area (Å²) < 4.78 is 0. The number of anilines is 1. The Morgan fingerprint density at radius 3 is 2.76 bits per heavy atom. The molecule has 0 saturated carbocycles. The summed E-state index contributed by atoms with van der Waals surface area (Å²) in [7, 11) is 1.63. The molecule has 3 N–H and O–H groups in total. The number of nitrogens with two attached hydrogens (primary N) is 1. The molecular formula is C12H18ClN3O. The molecule has 0 heterocycles. The Balaban J connectivity index is 2.77. The highest BCUT2D eigenvalue weighted by Gasteiger charge is 2.12. The van der Waals surface area contributed by atoms with Gasteiger partial charge in [0.1, 0.15) is 0 Å². The number of carbonyl (C=O) groups excluding carboxylic acids is 1. The molecule has 0 spiro atoms. The zero-order valence-corrected chi connectivity index (χ0v) is 10.9. The molecular weight excluding hydrogens is 238 g/mol. The summed E-state index contributed by atoms with van der Waals surface area (Å²) in [5, 5.41) is 3.24. The number of carbonyl (C=O) groups is 1. The first-order valence-corrected chi connectivity index (χ1v) is 5.92. The van der Waals surface area contributed by atoms with Gasteiger partial charge in [0, 0.05) is 29.9 Å². The van der Waals surface area contributed by atoms with Gasteiger partial charge in [0.25, 0.3) is 0 Å². The van der Waals surface area contributed by atoms with Crippen LogP contribution in [-0.2, 0) is 11.3 Å². The SMILES string of the molecule is CCN(CC(=O)NC)Cc1c(N)cccc1Cl. The van der Waals surface area contributed by atoms with E-state index in [1.165, 1.54) is 0 Å². The van der Waals surface area contributed by atoms with Crippen LogP contribution in [0, 0.1) is 0 Å². The standard InChI is InChI=1S/C12H18ClN3O/c1-3-16(8-12(17)15-2)7-9-10(13)5-4-6-11(9)14/h4-6H,3,7-8,14H2,1-2H3,(H,15,17). The van der Waals surface area contributed by atoms with Crippen molar-refractivity contribution in [3.63, 3.8) is 0 Å². The highest BCUT2D eigenvalue weighted by atomic mass is 35.5. The summed E-state index contributed by atoms with van der Waals surface area (Å²) in [4.78, 5) is 13.3. The summed E-state index contributed by atoms with van der Waals surface area (Å²) in [6.45, 7) is 3.68. The molecule has 0 aliphatic heterocycles. The molecule has 0 saturated heterocycles. The summed E-state index contributed by atoms with van der Waals surface area (Å²) in [6, 6.07) is 5.44. The number of hydrogen-bond donors (Lipinski definition) is 2. The van der Waals surface area contributed by atoms with Crippen LogP contribution in [0.15, 0.2) is 18.2 Å². The van der Waals surface area contributed by atoms with Crippen LogP contribution in [0.1, 0.15) is 12.5 Å². The maximum absolute atomic E-state index is 11.3. The molecule has 0 aliphatic carbocycles. The molecule has 1 amide bonds. The first-order valence-electron chi connectivity index (χ1n) is 5.54. The molecule has 4 nitrogen and oxygen atoms in total. The van der Waals surface area contributed by atoms with Crippen LogP contribution in [0.3, 0.4) is 0 Å². The van der Waals surface area contributed by atoms with E-state index in [0.717, 1.165) is 12.1 Å². The van der Waals surface area contributed by atoms with Crippen LogP contribution in [0.25, 0.3) is 0 Å². The predicted octanol–water partition coefficient (Wildman–Crippen LogP) is 1.49. The van der Waals surface area contributed by atoms with Gasteiger partial charge in [-0.1, -0.05) is 24.6 Å². The van der Waals surface area contributed by atoms with Crippen molar-refractivity contribution >= 4 is 23.2 Å². The van der Waals surface area contributed by atoms with E-state index >= 15 is 0 Å². The van der Waals surface area contributed by atoms with Crippen molar-refractivity contribution in [2.24, 2.45) is 0 Å². The van der Waals surface area contributed by atoms with Crippen LogP contribution in [0.5, 0.6) is 0 Å². The summed E-state index contributed by atoms with van der Waals surface area (Å²) in [6.07, 6.45) is 0. The van der Waals surface area contributed by atoms with E-state index in [9.17, 15) is 4.79 Å². The first kappa shape index (κ1) is 13.8. The van der Waals surface area contributed by atoms with Gasteiger partial charge in [0.05, 0.1) is 6.54 Å². The molecule has 0 radical (unpaired) electrons. The fraction of sp³-hybridized carbons (Fsp3) is 0.417. The molecule has 0 aliphatic rings. The van der Waals surface area contributed by atoms with Crippen LogP contribution < -0.4 is 11.1 Å². The molecule has 17 heavy (non-hydrogen) atoms. The Morgan fingerprint density at radius 1 is 1.53 bits per heavy atom. The van der Waals surface area contributed by atoms with Gasteiger partial charge < -0.3 is 11.1 Å². The minimum absolute atomic E-state index is 0.0162. The second-order valence-corrected chi connectivity index (χ2v) is 4.19. The van der Waals surface area contributed by atoms with Crippen LogP contribution in [0.4, 0.5) is 5.69 Å². The number of benzene rings is 1. The second kappa shape index (κ2) is 6.47. The Labute approximate surface area is 107 Å². The van der Waals surface area contributed by atoms with E-state index < -0.39 is 0 Å². The van der Waals surface area contributed by atoms with Crippen LogP contribution in [0.2, 0.25) is 5.02 Å². The second-order valence-electron chi connectivity index (χ2n) is 3.78. The van der Waals surface area contributed by atoms with Crippen LogP contribution >= 0.6 is 11.6 Å². The van der Waals surface area contributed by atoms with Crippen molar-refractivity contribution in [2.75, 3.05) is 25.9 Å². The van der Waals surface area contributed by atoms with Gasteiger partial charge in [-0.2, -0.15) is 0 Å². The lowest BCUT2D eigenvalue weighted by Crippen LogP contribution is -2.35. The summed E-state index contributed by atoms with van der Waals surface area (Å²) in [5.74, 6) is -0.0162. The Bertz CT molecular complexity index is 375. The average Bonchev–Trinajstić information content (AvgIpc) is 2.32. The van der Waals surface area contributed by atoms with E-state index in [1.807, 2.05) is 24.0 Å². The van der Waals surface area contributed by atoms with Crippen molar-refractivity contribution in [3.05, 3.63) is 28.8 Å². The Kier molecular flexibility index (Phi) is 5.25. The van der Waals surface area contributed by atoms with E-state index in [1.54, 1.807) is 13.1 Å². The number of amides is 1. The van der Waals surface area contributed by atoms with E-state index in [-0.39, 0.29) is 5.91 Å². The molecule has 0 unspecified atom stereocenters. The van der Waals surface area contributed by atoms with Crippen LogP contribution in [-0.4, -0.2) is 30.9 Å². The third-order valence-electron chi connectivity index (χ3n) is 2.63. The first-order chi connectivity index (χ1) is 8.08. The predicted molar refractivity (Wildman–Crippen MR) is 70.9 cm³/mol. The fourth-order valence-electron chi connectivity index (χ4n) is 1.53. The van der Waals surface area contributed by atoms with E-state index in [4.69, 9.17) is 17.3 Å². The third kappa shape index (κ3) is 3.91. The zero-order chi connectivity index (χ0) is 12.8. The minimum Gasteiger partial charge on any atom is -0.398 e. The molecule has 1 rings (SSSR count). The van der Waals surface area contributed by atoms with Gasteiger partial charge in [-0.25, -0.2) is 0 Å². The number of rotatable bonds is 5. The maximum Gasteiger partial charge on any atom is 0.233 e. The molecule has 1 aromatic rings. The van der Waals surface area contributed by atoms with Gasteiger partial charge in [-0.15, -0.1) is 0 Å². The highest BCUT2D eigenvalue weighted by Crippen LogP contribution is 2.23. The van der Waals surface area contributed by atoms with E-state index in [2.05, 4.69) is 5.32 Å². The molecule has 0 aromatic heterocycles. The molecule has 1 aromatic carbocycles. The third-order valence-corrected chi connectivity index (χ3v) is 2.98. The number of hydrogen-bond acceptors (Lipinski definition) is 3. The van der Waals surface area contributed by atoms with Gasteiger partial charge >= 0.3 is 0 Å². The topological polar surface area (TPSA) is 58.4 Å². The number of nitrogens with zero attached hydrogens (tertiary/aromatic N) is 1. The number of nitrogens with one attached hydrogen (secondary N) is 1. The van der Waals surface area contributed by atoms with Gasteiger partial charge in [0.15, 0.2) is 0 Å². The van der Waals surface area contributed by atoms with Gasteiger partial charge in [-0.05, 0) is 18.7 Å². The largest absolute Gasteiger partial charge is 0.398 e. The van der Waals surface area contributed by atoms with Gasteiger partial charge in [-0.3, -0.25) is 9.69 Å². The van der Waals surface area contributed by atoms with E-state index in [0.29, 0.717) is 23.8 Å². The Morgan fingerprint density at radius 2 is 2.24 bits per heavy atom. The summed E-state index contributed by atoms with van der Waals surface area (Å²) >= 11 is 6.09. The summed E-state index contributed by atoms with van der Waals surface area (Å²) in [5.41, 5.74) is 7.41. The molecule has 0 atom stereocenters.